The Kier molecular flexibility index (Phi) is 7.49. The van der Waals surface area contributed by atoms with Crippen LogP contribution in [0.1, 0.15) is 13.8 Å². The predicted molar refractivity (Wildman–Crippen MR) is 76.8 cm³/mol. The van der Waals surface area contributed by atoms with Gasteiger partial charge in [0, 0.05) is 11.1 Å². The Morgan fingerprint density at radius 1 is 1.26 bits per heavy atom. The van der Waals surface area contributed by atoms with Gasteiger partial charge in [0.1, 0.15) is 18.5 Å². The maximum Gasteiger partial charge on any atom is 0.139 e. The van der Waals surface area contributed by atoms with Crippen molar-refractivity contribution < 1.29 is 14.7 Å². The third-order valence-corrected chi connectivity index (χ3v) is 2.71. The molecule has 108 valence electrons. The van der Waals surface area contributed by atoms with E-state index < -0.39 is 6.10 Å². The van der Waals surface area contributed by atoms with Crippen molar-refractivity contribution in [2.24, 2.45) is 5.92 Å². The minimum absolute atomic E-state index is 0.109. The molecule has 4 nitrogen and oxygen atoms in total. The van der Waals surface area contributed by atoms with Gasteiger partial charge in [0.05, 0.1) is 18.2 Å². The van der Waals surface area contributed by atoms with E-state index in [2.05, 4.69) is 5.48 Å². The lowest BCUT2D eigenvalue weighted by atomic mass is 10.2. The highest BCUT2D eigenvalue weighted by Gasteiger charge is 2.08. The van der Waals surface area contributed by atoms with Gasteiger partial charge in [0.25, 0.3) is 0 Å². The van der Waals surface area contributed by atoms with Crippen LogP contribution in [0.5, 0.6) is 5.75 Å². The highest BCUT2D eigenvalue weighted by molar-refractivity contribution is 6.34. The van der Waals surface area contributed by atoms with Gasteiger partial charge in [-0.15, -0.1) is 0 Å². The zero-order valence-corrected chi connectivity index (χ0v) is 12.5. The van der Waals surface area contributed by atoms with Gasteiger partial charge in [-0.3, -0.25) is 0 Å². The summed E-state index contributed by atoms with van der Waals surface area (Å²) in [5, 5.41) is 10.7. The number of halogens is 2. The molecule has 0 aliphatic rings. The highest BCUT2D eigenvalue weighted by Crippen LogP contribution is 2.27. The molecule has 6 heteroatoms. The maximum atomic E-state index is 9.69. The van der Waals surface area contributed by atoms with Gasteiger partial charge in [-0.2, -0.15) is 5.48 Å². The van der Waals surface area contributed by atoms with Crippen molar-refractivity contribution in [2.75, 3.05) is 19.8 Å². The molecule has 19 heavy (non-hydrogen) atoms. The molecular weight excluding hydrogens is 289 g/mol. The third-order valence-electron chi connectivity index (χ3n) is 2.16. The van der Waals surface area contributed by atoms with Crippen LogP contribution in [0.15, 0.2) is 18.2 Å². The van der Waals surface area contributed by atoms with E-state index in [9.17, 15) is 5.11 Å². The van der Waals surface area contributed by atoms with E-state index in [1.807, 2.05) is 13.8 Å². The molecular formula is C13H19Cl2NO3. The molecule has 0 fully saturated rings. The second kappa shape index (κ2) is 8.61. The lowest BCUT2D eigenvalue weighted by Gasteiger charge is -2.14. The standard InChI is InChI=1S/C13H19Cl2NO3/c1-9(2)7-19-16-6-11(17)8-18-13-5-10(14)3-4-12(13)15/h3-5,9,11,16-17H,6-8H2,1-2H3. The van der Waals surface area contributed by atoms with E-state index in [4.69, 9.17) is 32.8 Å². The number of aliphatic hydroxyl groups excluding tert-OH is 1. The molecule has 0 bridgehead atoms. The predicted octanol–water partition coefficient (Wildman–Crippen LogP) is 2.91. The number of hydroxylamine groups is 1. The average Bonchev–Trinajstić information content (AvgIpc) is 2.35. The monoisotopic (exact) mass is 307 g/mol. The molecule has 0 aliphatic heterocycles. The van der Waals surface area contributed by atoms with Crippen LogP contribution >= 0.6 is 23.2 Å². The lowest BCUT2D eigenvalue weighted by molar-refractivity contribution is -0.00772. The summed E-state index contributed by atoms with van der Waals surface area (Å²) in [5.41, 5.74) is 2.69. The number of ether oxygens (including phenoxy) is 1. The van der Waals surface area contributed by atoms with Crippen molar-refractivity contribution in [3.63, 3.8) is 0 Å². The van der Waals surface area contributed by atoms with Crippen molar-refractivity contribution in [3.8, 4) is 5.75 Å². The van der Waals surface area contributed by atoms with Crippen LogP contribution in [0.25, 0.3) is 0 Å². The van der Waals surface area contributed by atoms with Gasteiger partial charge >= 0.3 is 0 Å². The summed E-state index contributed by atoms with van der Waals surface area (Å²) in [5.74, 6) is 0.891. The summed E-state index contributed by atoms with van der Waals surface area (Å²) in [4.78, 5) is 5.15. The van der Waals surface area contributed by atoms with Crippen molar-refractivity contribution in [3.05, 3.63) is 28.2 Å². The molecule has 0 spiro atoms. The Morgan fingerprint density at radius 2 is 2.00 bits per heavy atom. The molecule has 0 aromatic heterocycles. The van der Waals surface area contributed by atoms with Gasteiger partial charge in [-0.1, -0.05) is 37.0 Å². The van der Waals surface area contributed by atoms with Gasteiger partial charge in [0.15, 0.2) is 0 Å². The van der Waals surface area contributed by atoms with Crippen LogP contribution in [0, 0.1) is 5.92 Å². The van der Waals surface area contributed by atoms with Gasteiger partial charge < -0.3 is 14.7 Å². The van der Waals surface area contributed by atoms with Gasteiger partial charge in [-0.25, -0.2) is 0 Å². The Balaban J connectivity index is 2.26. The second-order valence-electron chi connectivity index (χ2n) is 4.59. The number of rotatable bonds is 8. The minimum Gasteiger partial charge on any atom is -0.489 e. The van der Waals surface area contributed by atoms with Gasteiger partial charge in [0.2, 0.25) is 0 Å². The van der Waals surface area contributed by atoms with E-state index in [1.165, 1.54) is 0 Å². The van der Waals surface area contributed by atoms with Crippen LogP contribution in [0.3, 0.4) is 0 Å². The molecule has 0 saturated heterocycles. The van der Waals surface area contributed by atoms with Crippen LogP contribution in [0.2, 0.25) is 10.0 Å². The Labute approximate surface area is 123 Å². The maximum absolute atomic E-state index is 9.69. The molecule has 0 saturated carbocycles. The lowest BCUT2D eigenvalue weighted by Crippen LogP contribution is -2.32. The largest absolute Gasteiger partial charge is 0.489 e. The summed E-state index contributed by atoms with van der Waals surface area (Å²) in [7, 11) is 0. The first kappa shape index (κ1) is 16.5. The zero-order valence-electron chi connectivity index (χ0n) is 11.0. The van der Waals surface area contributed by atoms with Crippen LogP contribution in [0.4, 0.5) is 0 Å². The van der Waals surface area contributed by atoms with E-state index in [-0.39, 0.29) is 13.2 Å². The average molecular weight is 308 g/mol. The number of nitrogens with one attached hydrogen (secondary N) is 1. The SMILES string of the molecule is CC(C)CONCC(O)COc1cc(Cl)ccc1Cl. The smallest absolute Gasteiger partial charge is 0.139 e. The molecule has 2 N–H and O–H groups in total. The normalized spacial score (nSPS) is 12.7. The Hall–Kier alpha value is -0.520. The van der Waals surface area contributed by atoms with E-state index >= 15 is 0 Å². The number of hydrogen-bond acceptors (Lipinski definition) is 4. The summed E-state index contributed by atoms with van der Waals surface area (Å²) < 4.78 is 5.40. The first-order chi connectivity index (χ1) is 8.99. The number of hydrogen-bond donors (Lipinski definition) is 2. The molecule has 0 heterocycles. The van der Waals surface area contributed by atoms with Crippen LogP contribution < -0.4 is 10.2 Å². The zero-order chi connectivity index (χ0) is 14.3. The summed E-state index contributed by atoms with van der Waals surface area (Å²) in [6.07, 6.45) is -0.692. The fraction of sp³-hybridized carbons (Fsp3) is 0.538. The molecule has 1 aromatic rings. The van der Waals surface area contributed by atoms with Crippen molar-refractivity contribution in [1.82, 2.24) is 5.48 Å². The second-order valence-corrected chi connectivity index (χ2v) is 5.44. The summed E-state index contributed by atoms with van der Waals surface area (Å²) in [6, 6.07) is 4.93. The molecule has 0 radical (unpaired) electrons. The Bertz CT molecular complexity index is 388. The Morgan fingerprint density at radius 3 is 2.68 bits per heavy atom. The van der Waals surface area contributed by atoms with Crippen molar-refractivity contribution in [1.29, 1.82) is 0 Å². The summed E-state index contributed by atoms with van der Waals surface area (Å²) in [6.45, 7) is 5.07. The fourth-order valence-corrected chi connectivity index (χ4v) is 1.55. The van der Waals surface area contributed by atoms with Crippen molar-refractivity contribution in [2.45, 2.75) is 20.0 Å². The fourth-order valence-electron chi connectivity index (χ4n) is 1.21. The quantitative estimate of drug-likeness (QED) is 0.573. The molecule has 1 atom stereocenters. The first-order valence-corrected chi connectivity index (χ1v) is 6.85. The van der Waals surface area contributed by atoms with Crippen LogP contribution in [-0.4, -0.2) is 31.0 Å². The molecule has 0 aliphatic carbocycles. The minimum atomic E-state index is -0.692. The molecule has 1 unspecified atom stereocenters. The third kappa shape index (κ3) is 6.99. The highest BCUT2D eigenvalue weighted by atomic mass is 35.5. The number of aliphatic hydroxyl groups is 1. The topological polar surface area (TPSA) is 50.7 Å². The van der Waals surface area contributed by atoms with Crippen LogP contribution in [-0.2, 0) is 4.84 Å². The summed E-state index contributed by atoms with van der Waals surface area (Å²) >= 11 is 11.8. The molecule has 1 aromatic carbocycles. The van der Waals surface area contributed by atoms with Crippen molar-refractivity contribution >= 4 is 23.2 Å². The molecule has 0 amide bonds. The van der Waals surface area contributed by atoms with E-state index in [0.717, 1.165) is 0 Å². The van der Waals surface area contributed by atoms with E-state index in [0.29, 0.717) is 28.3 Å². The number of benzene rings is 1. The van der Waals surface area contributed by atoms with E-state index in [1.54, 1.807) is 18.2 Å². The molecule has 1 rings (SSSR count). The van der Waals surface area contributed by atoms with Gasteiger partial charge in [-0.05, 0) is 18.1 Å². The first-order valence-electron chi connectivity index (χ1n) is 6.09.